The van der Waals surface area contributed by atoms with E-state index < -0.39 is 5.41 Å². The number of fused-ring (bicyclic) bond motifs is 1. The molecule has 156 valence electrons. The number of ether oxygens (including phenoxy) is 1. The molecule has 0 spiro atoms. The number of hydrogen-bond donors (Lipinski definition) is 1. The van der Waals surface area contributed by atoms with E-state index in [0.29, 0.717) is 5.02 Å². The predicted molar refractivity (Wildman–Crippen MR) is 125 cm³/mol. The van der Waals surface area contributed by atoms with Crippen molar-refractivity contribution < 1.29 is 9.53 Å². The molecule has 3 aromatic carbocycles. The van der Waals surface area contributed by atoms with Gasteiger partial charge in [-0.2, -0.15) is 0 Å². The van der Waals surface area contributed by atoms with E-state index in [4.69, 9.17) is 16.3 Å². The van der Waals surface area contributed by atoms with E-state index in [9.17, 15) is 4.79 Å². The van der Waals surface area contributed by atoms with E-state index in [0.717, 1.165) is 59.9 Å². The number of hydrogen-bond acceptors (Lipinski definition) is 2. The molecule has 1 amide bonds. The molecule has 1 aliphatic rings. The second-order valence-corrected chi connectivity index (χ2v) is 8.62. The predicted octanol–water partition coefficient (Wildman–Crippen LogP) is 7.12. The van der Waals surface area contributed by atoms with Crippen LogP contribution in [0.1, 0.15) is 51.5 Å². The molecular weight excluding hydrogens is 394 g/mol. The van der Waals surface area contributed by atoms with Gasteiger partial charge in [0.25, 0.3) is 0 Å². The van der Waals surface area contributed by atoms with E-state index in [1.165, 1.54) is 0 Å². The summed E-state index contributed by atoms with van der Waals surface area (Å²) in [5.74, 6) is 0.869. The van der Waals surface area contributed by atoms with E-state index in [1.807, 2.05) is 60.7 Å². The number of rotatable bonds is 6. The highest BCUT2D eigenvalue weighted by Gasteiger charge is 2.44. The van der Waals surface area contributed by atoms with Crippen molar-refractivity contribution in [2.45, 2.75) is 57.5 Å². The fraction of sp³-hybridized carbons (Fsp3) is 0.346. The fourth-order valence-electron chi connectivity index (χ4n) is 4.47. The van der Waals surface area contributed by atoms with E-state index >= 15 is 0 Å². The normalized spacial score (nSPS) is 16.4. The van der Waals surface area contributed by atoms with Crippen molar-refractivity contribution in [1.29, 1.82) is 0 Å². The Bertz CT molecular complexity index is 1060. The van der Waals surface area contributed by atoms with E-state index in [2.05, 4.69) is 19.2 Å². The average molecular weight is 422 g/mol. The number of halogens is 1. The number of anilines is 1. The first-order chi connectivity index (χ1) is 14.5. The molecule has 4 heteroatoms. The summed E-state index contributed by atoms with van der Waals surface area (Å²) in [6.45, 7) is 4.18. The topological polar surface area (TPSA) is 38.3 Å². The van der Waals surface area contributed by atoms with Gasteiger partial charge in [-0.05, 0) is 49.9 Å². The maximum atomic E-state index is 13.6. The van der Waals surface area contributed by atoms with Crippen LogP contribution >= 0.6 is 11.6 Å². The summed E-state index contributed by atoms with van der Waals surface area (Å²) in [5, 5.41) is 5.89. The standard InChI is InChI=1S/C26H28ClNO2/c1-3-18(2)30-24-15-14-23(19-10-4-5-11-20(19)24)28-25(29)26(16-8-9-17-26)21-12-6-7-13-22(21)27/h4-7,10-15,18H,3,8-9,16-17H2,1-2H3,(H,28,29)/t18-/m0/s1. The molecule has 0 bridgehead atoms. The van der Waals surface area contributed by atoms with Crippen LogP contribution in [0.2, 0.25) is 5.02 Å². The molecule has 0 unspecified atom stereocenters. The summed E-state index contributed by atoms with van der Waals surface area (Å²) in [5.41, 5.74) is 1.17. The van der Waals surface area contributed by atoms with Crippen LogP contribution in [0.3, 0.4) is 0 Å². The third kappa shape index (κ3) is 3.79. The first-order valence-corrected chi connectivity index (χ1v) is 11.2. The van der Waals surface area contributed by atoms with Crippen LogP contribution in [0.5, 0.6) is 5.75 Å². The number of nitrogens with one attached hydrogen (secondary N) is 1. The zero-order valence-corrected chi connectivity index (χ0v) is 18.3. The van der Waals surface area contributed by atoms with Crippen LogP contribution in [0.25, 0.3) is 10.8 Å². The van der Waals surface area contributed by atoms with Gasteiger partial charge in [0.05, 0.1) is 11.5 Å². The highest BCUT2D eigenvalue weighted by Crippen LogP contribution is 2.45. The highest BCUT2D eigenvalue weighted by molar-refractivity contribution is 6.32. The maximum Gasteiger partial charge on any atom is 0.235 e. The first kappa shape index (κ1) is 20.7. The van der Waals surface area contributed by atoms with E-state index in [-0.39, 0.29) is 12.0 Å². The Morgan fingerprint density at radius 2 is 1.70 bits per heavy atom. The fourth-order valence-corrected chi connectivity index (χ4v) is 4.79. The van der Waals surface area contributed by atoms with Gasteiger partial charge in [-0.1, -0.05) is 73.8 Å². The Labute approximate surface area is 183 Å². The Morgan fingerprint density at radius 3 is 2.40 bits per heavy atom. The third-order valence-electron chi connectivity index (χ3n) is 6.32. The van der Waals surface area contributed by atoms with Gasteiger partial charge in [0.15, 0.2) is 0 Å². The Kier molecular flexibility index (Phi) is 6.01. The number of carbonyl (C=O) groups is 1. The molecule has 1 aliphatic carbocycles. The van der Waals surface area contributed by atoms with Gasteiger partial charge in [-0.15, -0.1) is 0 Å². The van der Waals surface area contributed by atoms with Crippen molar-refractivity contribution in [3.8, 4) is 5.75 Å². The monoisotopic (exact) mass is 421 g/mol. The zero-order valence-electron chi connectivity index (χ0n) is 17.6. The lowest BCUT2D eigenvalue weighted by Gasteiger charge is -2.29. The van der Waals surface area contributed by atoms with Crippen LogP contribution in [0.15, 0.2) is 60.7 Å². The van der Waals surface area contributed by atoms with Crippen molar-refractivity contribution in [1.82, 2.24) is 0 Å². The Balaban J connectivity index is 1.71. The first-order valence-electron chi connectivity index (χ1n) is 10.8. The molecule has 30 heavy (non-hydrogen) atoms. The molecule has 0 radical (unpaired) electrons. The van der Waals surface area contributed by atoms with Gasteiger partial charge in [-0.3, -0.25) is 4.79 Å². The second-order valence-electron chi connectivity index (χ2n) is 8.22. The quantitative estimate of drug-likeness (QED) is 0.460. The van der Waals surface area contributed by atoms with Crippen LogP contribution in [-0.2, 0) is 10.2 Å². The van der Waals surface area contributed by atoms with Crippen molar-refractivity contribution in [2.24, 2.45) is 0 Å². The molecule has 0 saturated heterocycles. The second kappa shape index (κ2) is 8.69. The van der Waals surface area contributed by atoms with Crippen LogP contribution in [-0.4, -0.2) is 12.0 Å². The number of benzene rings is 3. The summed E-state index contributed by atoms with van der Waals surface area (Å²) in [6, 6.07) is 19.7. The SMILES string of the molecule is CC[C@H](C)Oc1ccc(NC(=O)C2(c3ccccc3Cl)CCCC2)c2ccccc12. The lowest BCUT2D eigenvalue weighted by Crippen LogP contribution is -2.38. The molecule has 3 aromatic rings. The minimum Gasteiger partial charge on any atom is -0.490 e. The summed E-state index contributed by atoms with van der Waals surface area (Å²) in [4.78, 5) is 13.6. The molecule has 0 heterocycles. The summed E-state index contributed by atoms with van der Waals surface area (Å²) >= 11 is 6.52. The largest absolute Gasteiger partial charge is 0.490 e. The van der Waals surface area contributed by atoms with Gasteiger partial charge in [0.1, 0.15) is 5.75 Å². The average Bonchev–Trinajstić information content (AvgIpc) is 3.26. The molecule has 4 rings (SSSR count). The van der Waals surface area contributed by atoms with Gasteiger partial charge in [0, 0.05) is 21.5 Å². The minimum absolute atomic E-state index is 0.0221. The van der Waals surface area contributed by atoms with Crippen molar-refractivity contribution in [3.63, 3.8) is 0 Å². The Hall–Kier alpha value is -2.52. The van der Waals surface area contributed by atoms with Gasteiger partial charge in [0.2, 0.25) is 5.91 Å². The highest BCUT2D eigenvalue weighted by atomic mass is 35.5. The lowest BCUT2D eigenvalue weighted by molar-refractivity contribution is -0.121. The van der Waals surface area contributed by atoms with Crippen molar-refractivity contribution in [2.75, 3.05) is 5.32 Å². The molecular formula is C26H28ClNO2. The maximum absolute atomic E-state index is 13.6. The molecule has 1 atom stereocenters. The minimum atomic E-state index is -0.578. The number of amides is 1. The van der Waals surface area contributed by atoms with Crippen LogP contribution in [0.4, 0.5) is 5.69 Å². The summed E-state index contributed by atoms with van der Waals surface area (Å²) < 4.78 is 6.11. The molecule has 1 fully saturated rings. The molecule has 1 saturated carbocycles. The molecule has 1 N–H and O–H groups in total. The molecule has 0 aliphatic heterocycles. The zero-order chi connectivity index (χ0) is 21.1. The molecule has 0 aromatic heterocycles. The van der Waals surface area contributed by atoms with Crippen LogP contribution in [0, 0.1) is 0 Å². The summed E-state index contributed by atoms with van der Waals surface area (Å²) in [7, 11) is 0. The third-order valence-corrected chi connectivity index (χ3v) is 6.65. The van der Waals surface area contributed by atoms with Gasteiger partial charge >= 0.3 is 0 Å². The summed E-state index contributed by atoms with van der Waals surface area (Å²) in [6.07, 6.45) is 4.76. The number of carbonyl (C=O) groups excluding carboxylic acids is 1. The lowest BCUT2D eigenvalue weighted by atomic mass is 9.77. The van der Waals surface area contributed by atoms with Crippen molar-refractivity contribution in [3.05, 3.63) is 71.2 Å². The van der Waals surface area contributed by atoms with Crippen molar-refractivity contribution >= 4 is 34.0 Å². The smallest absolute Gasteiger partial charge is 0.235 e. The van der Waals surface area contributed by atoms with Crippen LogP contribution < -0.4 is 10.1 Å². The Morgan fingerprint density at radius 1 is 1.03 bits per heavy atom. The van der Waals surface area contributed by atoms with E-state index in [1.54, 1.807) is 0 Å². The molecule has 3 nitrogen and oxygen atoms in total. The van der Waals surface area contributed by atoms with Gasteiger partial charge in [-0.25, -0.2) is 0 Å². The van der Waals surface area contributed by atoms with Gasteiger partial charge < -0.3 is 10.1 Å².